The molecule has 246 valence electrons. The molecule has 8 unspecified atom stereocenters. The zero-order valence-electron chi connectivity index (χ0n) is 27.1. The maximum atomic E-state index is 13.6. The molecule has 2 bridgehead atoms. The first kappa shape index (κ1) is 36.4. The Morgan fingerprint density at radius 3 is 2.12 bits per heavy atom. The van der Waals surface area contributed by atoms with Crippen LogP contribution >= 0.6 is 0 Å². The van der Waals surface area contributed by atoms with E-state index in [1.807, 2.05) is 13.8 Å². The molecule has 0 aromatic carbocycles. The second-order valence-corrected chi connectivity index (χ2v) is 13.0. The minimum Gasteiger partial charge on any atom is -0.459 e. The molecule has 3 aliphatic rings. The molecular formula is C30H52N4O9. The van der Waals surface area contributed by atoms with Crippen LogP contribution in [0, 0.1) is 17.3 Å². The van der Waals surface area contributed by atoms with E-state index in [0.717, 1.165) is 11.5 Å². The van der Waals surface area contributed by atoms with Crippen molar-refractivity contribution >= 4 is 29.6 Å². The molecule has 13 nitrogen and oxygen atoms in total. The first-order valence-corrected chi connectivity index (χ1v) is 15.3. The Labute approximate surface area is 255 Å². The van der Waals surface area contributed by atoms with Gasteiger partial charge in [0.15, 0.2) is 5.60 Å². The van der Waals surface area contributed by atoms with Gasteiger partial charge in [0.05, 0.1) is 18.1 Å². The Kier molecular flexibility index (Phi) is 12.5. The Bertz CT molecular complexity index is 1030. The van der Waals surface area contributed by atoms with E-state index < -0.39 is 76.9 Å². The summed E-state index contributed by atoms with van der Waals surface area (Å²) in [4.78, 5) is 74.0. The third-order valence-electron chi connectivity index (χ3n) is 8.65. The van der Waals surface area contributed by atoms with Crippen LogP contribution in [0.25, 0.3) is 0 Å². The number of nitrogens with zero attached hydrogens (tertiary/aromatic N) is 2. The van der Waals surface area contributed by atoms with Gasteiger partial charge in [-0.15, -0.1) is 0 Å². The molecule has 0 spiro atoms. The van der Waals surface area contributed by atoms with Crippen LogP contribution in [0.15, 0.2) is 0 Å². The highest BCUT2D eigenvalue weighted by molar-refractivity contribution is 5.95. The molecule has 8 atom stereocenters. The first-order valence-electron chi connectivity index (χ1n) is 15.3. The monoisotopic (exact) mass is 612 g/mol. The first-order chi connectivity index (χ1) is 19.9. The van der Waals surface area contributed by atoms with Crippen molar-refractivity contribution in [2.24, 2.45) is 17.3 Å². The summed E-state index contributed by atoms with van der Waals surface area (Å²) in [6.45, 7) is 12.9. The number of hydroxylamine groups is 2. The predicted molar refractivity (Wildman–Crippen MR) is 157 cm³/mol. The number of hydrogen-bond acceptors (Lipinski definition) is 9. The molecule has 3 heterocycles. The van der Waals surface area contributed by atoms with Crippen molar-refractivity contribution in [2.75, 3.05) is 20.2 Å². The maximum absolute atomic E-state index is 13.6. The number of carbonyl (C=O) groups is 5. The fourth-order valence-electron chi connectivity index (χ4n) is 5.85. The highest BCUT2D eigenvalue weighted by Gasteiger charge is 2.54. The molecule has 4 amide bonds. The van der Waals surface area contributed by atoms with E-state index >= 15 is 0 Å². The van der Waals surface area contributed by atoms with E-state index in [0.29, 0.717) is 19.3 Å². The van der Waals surface area contributed by atoms with E-state index in [-0.39, 0.29) is 25.5 Å². The lowest BCUT2D eigenvalue weighted by Gasteiger charge is -2.48. The number of aliphatic hydroxyl groups excluding tert-OH is 2. The predicted octanol–water partition coefficient (Wildman–Crippen LogP) is 0.903. The Morgan fingerprint density at radius 2 is 1.56 bits per heavy atom. The van der Waals surface area contributed by atoms with Crippen LogP contribution in [0.3, 0.4) is 0 Å². The number of aliphatic hydroxyl groups is 2. The van der Waals surface area contributed by atoms with Crippen molar-refractivity contribution < 1.29 is 43.8 Å². The van der Waals surface area contributed by atoms with E-state index in [1.54, 1.807) is 20.8 Å². The summed E-state index contributed by atoms with van der Waals surface area (Å²) < 4.78 is 5.94. The fraction of sp³-hybridized carbons (Fsp3) is 0.833. The van der Waals surface area contributed by atoms with Crippen molar-refractivity contribution in [1.82, 2.24) is 20.6 Å². The summed E-state index contributed by atoms with van der Waals surface area (Å²) in [5, 5.41) is 26.2. The normalized spacial score (nSPS) is 31.3. The number of hydrogen-bond donors (Lipinski definition) is 4. The number of fused-ring (bicyclic) bond motifs is 13. The molecule has 0 saturated carbocycles. The number of likely N-dealkylation sites (N-methyl/N-ethyl adjacent to an activating group) is 1. The third-order valence-corrected chi connectivity index (χ3v) is 8.65. The van der Waals surface area contributed by atoms with Gasteiger partial charge in [0.25, 0.3) is 11.8 Å². The van der Waals surface area contributed by atoms with Crippen LogP contribution in [0.4, 0.5) is 0 Å². The van der Waals surface area contributed by atoms with Gasteiger partial charge in [0.2, 0.25) is 11.8 Å². The molecule has 3 rings (SSSR count). The van der Waals surface area contributed by atoms with E-state index in [9.17, 15) is 34.2 Å². The highest BCUT2D eigenvalue weighted by Crippen LogP contribution is 2.34. The van der Waals surface area contributed by atoms with Gasteiger partial charge in [0, 0.05) is 13.7 Å². The third kappa shape index (κ3) is 8.45. The van der Waals surface area contributed by atoms with E-state index in [2.05, 4.69) is 10.6 Å². The Morgan fingerprint density at radius 1 is 0.953 bits per heavy atom. The van der Waals surface area contributed by atoms with Crippen molar-refractivity contribution in [1.29, 1.82) is 0 Å². The second-order valence-electron chi connectivity index (χ2n) is 13.0. The quantitative estimate of drug-likeness (QED) is 0.218. The lowest BCUT2D eigenvalue weighted by Crippen LogP contribution is -2.70. The summed E-state index contributed by atoms with van der Waals surface area (Å²) in [5.74, 6) is -3.93. The van der Waals surface area contributed by atoms with Crippen LogP contribution in [0.2, 0.25) is 0 Å². The minimum atomic E-state index is -1.44. The number of esters is 1. The lowest BCUT2D eigenvalue weighted by molar-refractivity contribution is -0.316. The summed E-state index contributed by atoms with van der Waals surface area (Å²) >= 11 is 0. The molecule has 4 N–H and O–H groups in total. The minimum absolute atomic E-state index is 0.0981. The van der Waals surface area contributed by atoms with Gasteiger partial charge < -0.3 is 30.5 Å². The van der Waals surface area contributed by atoms with E-state index in [1.165, 1.54) is 32.7 Å². The molecule has 0 aromatic rings. The number of nitrogens with one attached hydrogen (secondary N) is 2. The van der Waals surface area contributed by atoms with Gasteiger partial charge >= 0.3 is 5.97 Å². The standard InChI is InChI=1S/C30H52N4O9/c1-10-11-21(36)13-12-18(3)23-29(6,7)27(40)32-19(4)25(38)34-16-30(8,43-34)28(41)33(9)22(17(2)14-15-35)24(37)31-20(5)26(39)42-23/h17-23,35-36H,10-16H2,1-9H3,(H,31,37)(H,32,40). The molecule has 13 heteroatoms. The zero-order valence-corrected chi connectivity index (χ0v) is 27.1. The summed E-state index contributed by atoms with van der Waals surface area (Å²) in [6.07, 6.45) is 1.03. The summed E-state index contributed by atoms with van der Waals surface area (Å²) in [6, 6.07) is -3.22. The van der Waals surface area contributed by atoms with Gasteiger partial charge in [-0.3, -0.25) is 24.0 Å². The molecule has 0 aromatic heterocycles. The van der Waals surface area contributed by atoms with Gasteiger partial charge in [0.1, 0.15) is 24.2 Å². The van der Waals surface area contributed by atoms with Gasteiger partial charge in [-0.2, -0.15) is 0 Å². The van der Waals surface area contributed by atoms with Crippen LogP contribution in [0.1, 0.15) is 87.5 Å². The number of amides is 4. The van der Waals surface area contributed by atoms with E-state index in [4.69, 9.17) is 9.57 Å². The van der Waals surface area contributed by atoms with Crippen LogP contribution in [0.5, 0.6) is 0 Å². The highest BCUT2D eigenvalue weighted by atomic mass is 16.7. The topological polar surface area (TPSA) is 175 Å². The zero-order chi connectivity index (χ0) is 32.9. The second kappa shape index (κ2) is 14.8. The maximum Gasteiger partial charge on any atom is 0.328 e. The smallest absolute Gasteiger partial charge is 0.328 e. The fourth-order valence-corrected chi connectivity index (χ4v) is 5.85. The molecule has 3 aliphatic heterocycles. The number of carbonyl (C=O) groups excluding carboxylic acids is 5. The number of ether oxygens (including phenoxy) is 1. The van der Waals surface area contributed by atoms with Crippen LogP contribution in [-0.2, 0) is 33.5 Å². The Balaban J connectivity index is 2.49. The van der Waals surface area contributed by atoms with Crippen LogP contribution in [-0.4, -0.2) is 106 Å². The average Bonchev–Trinajstić information content (AvgIpc) is 2.91. The van der Waals surface area contributed by atoms with Crippen molar-refractivity contribution in [2.45, 2.75) is 123 Å². The number of rotatable bonds is 9. The molecule has 3 saturated heterocycles. The van der Waals surface area contributed by atoms with Crippen LogP contribution < -0.4 is 10.6 Å². The Hall–Kier alpha value is -2.77. The molecule has 0 aliphatic carbocycles. The van der Waals surface area contributed by atoms with Crippen molar-refractivity contribution in [3.05, 3.63) is 0 Å². The molecule has 43 heavy (non-hydrogen) atoms. The molecule has 0 radical (unpaired) electrons. The molecular weight excluding hydrogens is 560 g/mol. The largest absolute Gasteiger partial charge is 0.459 e. The average molecular weight is 613 g/mol. The SMILES string of the molecule is CCCC(O)CCC(C)C1OC(=O)C(C)NC(=O)C(C(C)CCO)N(C)C(=O)C2(C)CN(O2)C(=O)C(C)NC(=O)C1(C)C. The summed E-state index contributed by atoms with van der Waals surface area (Å²) in [7, 11) is 1.44. The summed E-state index contributed by atoms with van der Waals surface area (Å²) in [5.41, 5.74) is -2.75. The van der Waals surface area contributed by atoms with Gasteiger partial charge in [-0.05, 0) is 72.1 Å². The molecule has 3 fully saturated rings. The van der Waals surface area contributed by atoms with Crippen molar-refractivity contribution in [3.63, 3.8) is 0 Å². The lowest BCUT2D eigenvalue weighted by atomic mass is 9.77. The van der Waals surface area contributed by atoms with Gasteiger partial charge in [-0.1, -0.05) is 27.2 Å². The van der Waals surface area contributed by atoms with Gasteiger partial charge in [-0.25, -0.2) is 9.86 Å². The van der Waals surface area contributed by atoms with Crippen molar-refractivity contribution in [3.8, 4) is 0 Å².